The van der Waals surface area contributed by atoms with E-state index in [4.69, 9.17) is 40.1 Å². The van der Waals surface area contributed by atoms with E-state index in [0.29, 0.717) is 21.5 Å². The summed E-state index contributed by atoms with van der Waals surface area (Å²) in [6.45, 7) is 0. The first-order chi connectivity index (χ1) is 8.61. The monoisotopic (exact) mass is 296 g/mol. The molecular weight excluding hydrogens is 291 g/mol. The fourth-order valence-corrected chi connectivity index (χ4v) is 2.10. The number of nitriles is 1. The highest BCUT2D eigenvalue weighted by molar-refractivity contribution is 6.48. The van der Waals surface area contributed by atoms with Crippen molar-refractivity contribution >= 4 is 34.8 Å². The van der Waals surface area contributed by atoms with Crippen LogP contribution in [-0.2, 0) is 6.42 Å². The third-order valence-corrected chi connectivity index (χ3v) is 3.60. The molecule has 2 aromatic rings. The van der Waals surface area contributed by atoms with E-state index in [1.807, 2.05) is 12.1 Å². The standard InChI is InChI=1S/C13H7Cl3N2/c14-11-5-9(6-12(15)13(11)16)8-1-2-10(3-4-17)18-7-8/h1-2,5-7H,3H2. The summed E-state index contributed by atoms with van der Waals surface area (Å²) in [7, 11) is 0. The quantitative estimate of drug-likeness (QED) is 0.748. The second-order valence-electron chi connectivity index (χ2n) is 3.63. The molecule has 1 aromatic carbocycles. The lowest BCUT2D eigenvalue weighted by Gasteiger charge is -2.05. The summed E-state index contributed by atoms with van der Waals surface area (Å²) in [5.41, 5.74) is 2.44. The van der Waals surface area contributed by atoms with Crippen molar-refractivity contribution in [3.05, 3.63) is 51.2 Å². The van der Waals surface area contributed by atoms with Crippen LogP contribution < -0.4 is 0 Å². The number of benzene rings is 1. The van der Waals surface area contributed by atoms with Crippen molar-refractivity contribution in [1.29, 1.82) is 5.26 Å². The highest BCUT2D eigenvalue weighted by atomic mass is 35.5. The molecule has 0 aliphatic heterocycles. The minimum Gasteiger partial charge on any atom is -0.260 e. The van der Waals surface area contributed by atoms with Gasteiger partial charge in [0.25, 0.3) is 0 Å². The summed E-state index contributed by atoms with van der Waals surface area (Å²) in [6.07, 6.45) is 1.98. The SMILES string of the molecule is N#CCc1ccc(-c2cc(Cl)c(Cl)c(Cl)c2)cn1. The maximum absolute atomic E-state index is 8.57. The van der Waals surface area contributed by atoms with Gasteiger partial charge in [0.15, 0.2) is 0 Å². The maximum Gasteiger partial charge on any atom is 0.0778 e. The maximum atomic E-state index is 8.57. The van der Waals surface area contributed by atoms with E-state index in [9.17, 15) is 0 Å². The van der Waals surface area contributed by atoms with Crippen LogP contribution in [0.2, 0.25) is 15.1 Å². The highest BCUT2D eigenvalue weighted by Crippen LogP contribution is 2.34. The molecule has 0 amide bonds. The van der Waals surface area contributed by atoms with Crippen LogP contribution in [0.4, 0.5) is 0 Å². The number of pyridine rings is 1. The van der Waals surface area contributed by atoms with E-state index >= 15 is 0 Å². The van der Waals surface area contributed by atoms with Crippen LogP contribution in [0.3, 0.4) is 0 Å². The molecule has 0 N–H and O–H groups in total. The van der Waals surface area contributed by atoms with Gasteiger partial charge in [-0.2, -0.15) is 5.26 Å². The van der Waals surface area contributed by atoms with E-state index < -0.39 is 0 Å². The van der Waals surface area contributed by atoms with E-state index in [1.165, 1.54) is 0 Å². The van der Waals surface area contributed by atoms with E-state index in [1.54, 1.807) is 24.4 Å². The molecule has 0 aliphatic rings. The number of nitrogens with zero attached hydrogens (tertiary/aromatic N) is 2. The Hall–Kier alpha value is -1.27. The molecule has 0 radical (unpaired) electrons. The Morgan fingerprint density at radius 3 is 2.22 bits per heavy atom. The molecule has 0 unspecified atom stereocenters. The normalized spacial score (nSPS) is 10.1. The van der Waals surface area contributed by atoms with Gasteiger partial charge < -0.3 is 0 Å². The first-order valence-corrected chi connectivity index (χ1v) is 6.22. The Kier molecular flexibility index (Phi) is 4.08. The van der Waals surface area contributed by atoms with Crippen LogP contribution in [0.25, 0.3) is 11.1 Å². The number of hydrogen-bond acceptors (Lipinski definition) is 2. The molecule has 90 valence electrons. The molecule has 0 saturated heterocycles. The lowest BCUT2D eigenvalue weighted by molar-refractivity contribution is 1.12. The fraction of sp³-hybridized carbons (Fsp3) is 0.0769. The predicted octanol–water partition coefficient (Wildman–Crippen LogP) is 4.77. The number of aromatic nitrogens is 1. The average molecular weight is 298 g/mol. The molecule has 0 fully saturated rings. The molecule has 0 spiro atoms. The third kappa shape index (κ3) is 2.76. The second kappa shape index (κ2) is 5.58. The minimum absolute atomic E-state index is 0.294. The predicted molar refractivity (Wildman–Crippen MR) is 74.0 cm³/mol. The van der Waals surface area contributed by atoms with Gasteiger partial charge in [-0.1, -0.05) is 40.9 Å². The van der Waals surface area contributed by atoms with Gasteiger partial charge in [0.05, 0.1) is 33.3 Å². The van der Waals surface area contributed by atoms with Gasteiger partial charge in [0, 0.05) is 11.8 Å². The first-order valence-electron chi connectivity index (χ1n) is 5.08. The van der Waals surface area contributed by atoms with E-state index in [2.05, 4.69) is 4.98 Å². The number of rotatable bonds is 2. The van der Waals surface area contributed by atoms with Gasteiger partial charge in [-0.3, -0.25) is 4.98 Å². The zero-order valence-electron chi connectivity index (χ0n) is 9.12. The van der Waals surface area contributed by atoms with E-state index in [-0.39, 0.29) is 0 Å². The first kappa shape index (κ1) is 13.2. The van der Waals surface area contributed by atoms with Gasteiger partial charge in [-0.15, -0.1) is 0 Å². The van der Waals surface area contributed by atoms with Crippen molar-refractivity contribution in [3.63, 3.8) is 0 Å². The van der Waals surface area contributed by atoms with Crippen LogP contribution >= 0.6 is 34.8 Å². The van der Waals surface area contributed by atoms with Gasteiger partial charge in [-0.25, -0.2) is 0 Å². The molecule has 18 heavy (non-hydrogen) atoms. The van der Waals surface area contributed by atoms with Gasteiger partial charge in [-0.05, 0) is 23.8 Å². The van der Waals surface area contributed by atoms with Crippen molar-refractivity contribution < 1.29 is 0 Å². The molecule has 0 bridgehead atoms. The van der Waals surface area contributed by atoms with Crippen LogP contribution in [0, 0.1) is 11.3 Å². The van der Waals surface area contributed by atoms with Crippen molar-refractivity contribution in [1.82, 2.24) is 4.98 Å². The summed E-state index contributed by atoms with van der Waals surface area (Å²) in [4.78, 5) is 4.18. The van der Waals surface area contributed by atoms with Gasteiger partial charge in [0.2, 0.25) is 0 Å². The molecule has 5 heteroatoms. The Morgan fingerprint density at radius 1 is 1.06 bits per heavy atom. The molecule has 2 rings (SSSR count). The van der Waals surface area contributed by atoms with Crippen molar-refractivity contribution in [3.8, 4) is 17.2 Å². The molecule has 0 aliphatic carbocycles. The Labute approximate surface area is 120 Å². The topological polar surface area (TPSA) is 36.7 Å². The third-order valence-electron chi connectivity index (χ3n) is 2.40. The van der Waals surface area contributed by atoms with Crippen molar-refractivity contribution in [2.75, 3.05) is 0 Å². The number of hydrogen-bond donors (Lipinski definition) is 0. The average Bonchev–Trinajstić information content (AvgIpc) is 2.37. The zero-order valence-corrected chi connectivity index (χ0v) is 11.4. The minimum atomic E-state index is 0.294. The van der Waals surface area contributed by atoms with Crippen LogP contribution in [-0.4, -0.2) is 4.98 Å². The van der Waals surface area contributed by atoms with Gasteiger partial charge in [0.1, 0.15) is 0 Å². The highest BCUT2D eigenvalue weighted by Gasteiger charge is 2.07. The zero-order chi connectivity index (χ0) is 13.1. The molecule has 2 nitrogen and oxygen atoms in total. The van der Waals surface area contributed by atoms with Gasteiger partial charge >= 0.3 is 0 Å². The molecular formula is C13H7Cl3N2. The lowest BCUT2D eigenvalue weighted by Crippen LogP contribution is -1.88. The smallest absolute Gasteiger partial charge is 0.0778 e. The summed E-state index contributed by atoms with van der Waals surface area (Å²) >= 11 is 17.8. The number of halogens is 3. The molecule has 1 aromatic heterocycles. The van der Waals surface area contributed by atoms with Crippen LogP contribution in [0.15, 0.2) is 30.5 Å². The molecule has 0 saturated carbocycles. The molecule has 1 heterocycles. The molecule has 0 atom stereocenters. The van der Waals surface area contributed by atoms with Crippen LogP contribution in [0.5, 0.6) is 0 Å². The second-order valence-corrected chi connectivity index (χ2v) is 4.82. The van der Waals surface area contributed by atoms with Crippen molar-refractivity contribution in [2.45, 2.75) is 6.42 Å². The largest absolute Gasteiger partial charge is 0.260 e. The lowest BCUT2D eigenvalue weighted by atomic mass is 10.1. The Morgan fingerprint density at radius 2 is 1.72 bits per heavy atom. The Bertz CT molecular complexity index is 592. The summed E-state index contributed by atoms with van der Waals surface area (Å²) < 4.78 is 0. The fourth-order valence-electron chi connectivity index (χ4n) is 1.50. The van der Waals surface area contributed by atoms with Crippen molar-refractivity contribution in [2.24, 2.45) is 0 Å². The summed E-state index contributed by atoms with van der Waals surface area (Å²) in [5, 5.41) is 9.72. The summed E-state index contributed by atoms with van der Waals surface area (Å²) in [6, 6.07) is 9.18. The Balaban J connectivity index is 2.40. The summed E-state index contributed by atoms with van der Waals surface area (Å²) in [5.74, 6) is 0. The van der Waals surface area contributed by atoms with Crippen LogP contribution in [0.1, 0.15) is 5.69 Å². The van der Waals surface area contributed by atoms with E-state index in [0.717, 1.165) is 16.8 Å².